The monoisotopic (exact) mass is 232 g/mol. The quantitative estimate of drug-likeness (QED) is 0.664. The van der Waals surface area contributed by atoms with E-state index in [1.165, 1.54) is 16.8 Å². The van der Waals surface area contributed by atoms with Gasteiger partial charge in [0.25, 0.3) is 0 Å². The summed E-state index contributed by atoms with van der Waals surface area (Å²) in [5.74, 6) is 0. The fourth-order valence-corrected chi connectivity index (χ4v) is 2.59. The summed E-state index contributed by atoms with van der Waals surface area (Å²) in [6.07, 6.45) is 13.8. The maximum atomic E-state index is 4.78. The van der Waals surface area contributed by atoms with Crippen LogP contribution in [0.4, 0.5) is 5.69 Å². The number of benzene rings is 1. The Labute approximate surface area is 106 Å². The van der Waals surface area contributed by atoms with Gasteiger partial charge in [0.1, 0.15) is 0 Å². The van der Waals surface area contributed by atoms with E-state index in [2.05, 4.69) is 59.8 Å². The fourth-order valence-electron chi connectivity index (χ4n) is 2.59. The Bertz CT molecular complexity index is 672. The standard InChI is InChI=1S/C16H12N2/c1-2-8-14-12(6-1)13-7-5-11-18-10-4-3-9-15(18)16(13)17-14/h1-2,4-11H,3H2. The number of allylic oxidation sites excluding steroid dienone is 5. The third kappa shape index (κ3) is 1.26. The molecule has 1 aromatic rings. The van der Waals surface area contributed by atoms with Gasteiger partial charge in [-0.15, -0.1) is 0 Å². The van der Waals surface area contributed by atoms with Crippen LogP contribution in [-0.4, -0.2) is 10.6 Å². The molecule has 4 rings (SSSR count). The number of para-hydroxylation sites is 1. The normalized spacial score (nSPS) is 19.3. The van der Waals surface area contributed by atoms with E-state index in [4.69, 9.17) is 4.99 Å². The van der Waals surface area contributed by atoms with Crippen molar-refractivity contribution in [2.75, 3.05) is 0 Å². The molecule has 0 aliphatic carbocycles. The predicted octanol–water partition coefficient (Wildman–Crippen LogP) is 3.79. The van der Waals surface area contributed by atoms with Crippen molar-refractivity contribution in [1.29, 1.82) is 0 Å². The fraction of sp³-hybridized carbons (Fsp3) is 0.0625. The molecule has 0 amide bonds. The first kappa shape index (κ1) is 9.66. The predicted molar refractivity (Wildman–Crippen MR) is 74.3 cm³/mol. The van der Waals surface area contributed by atoms with Crippen LogP contribution in [-0.2, 0) is 0 Å². The van der Waals surface area contributed by atoms with E-state index in [-0.39, 0.29) is 0 Å². The van der Waals surface area contributed by atoms with Crippen LogP contribution in [0.5, 0.6) is 0 Å². The van der Waals surface area contributed by atoms with Gasteiger partial charge in [0.15, 0.2) is 0 Å². The summed E-state index contributed by atoms with van der Waals surface area (Å²) >= 11 is 0. The molecule has 2 nitrogen and oxygen atoms in total. The second-order valence-electron chi connectivity index (χ2n) is 4.52. The summed E-state index contributed by atoms with van der Waals surface area (Å²) in [6.45, 7) is 0. The van der Waals surface area contributed by atoms with Crippen LogP contribution in [0.25, 0.3) is 5.57 Å². The molecule has 18 heavy (non-hydrogen) atoms. The van der Waals surface area contributed by atoms with Gasteiger partial charge in [-0.25, -0.2) is 4.99 Å². The van der Waals surface area contributed by atoms with Gasteiger partial charge < -0.3 is 4.90 Å². The topological polar surface area (TPSA) is 15.6 Å². The molecule has 0 atom stereocenters. The number of aliphatic imine (C=N–C) groups is 1. The highest BCUT2D eigenvalue weighted by Gasteiger charge is 2.26. The lowest BCUT2D eigenvalue weighted by Gasteiger charge is -2.21. The molecule has 2 heteroatoms. The molecule has 3 aliphatic heterocycles. The largest absolute Gasteiger partial charge is 0.322 e. The number of nitrogens with zero attached hydrogens (tertiary/aromatic N) is 2. The average molecular weight is 232 g/mol. The highest BCUT2D eigenvalue weighted by atomic mass is 15.1. The average Bonchev–Trinajstić information content (AvgIpc) is 2.69. The summed E-state index contributed by atoms with van der Waals surface area (Å²) in [5.41, 5.74) is 5.81. The van der Waals surface area contributed by atoms with Gasteiger partial charge in [-0.2, -0.15) is 0 Å². The molecular weight excluding hydrogens is 220 g/mol. The second-order valence-corrected chi connectivity index (χ2v) is 4.52. The van der Waals surface area contributed by atoms with Crippen molar-refractivity contribution in [2.24, 2.45) is 4.99 Å². The van der Waals surface area contributed by atoms with E-state index in [0.717, 1.165) is 17.8 Å². The number of fused-ring (bicyclic) bond motifs is 5. The van der Waals surface area contributed by atoms with Crippen LogP contribution in [0.1, 0.15) is 12.0 Å². The molecule has 0 bridgehead atoms. The summed E-state index contributed by atoms with van der Waals surface area (Å²) in [6, 6.07) is 8.32. The first-order chi connectivity index (χ1) is 8.93. The SMILES string of the molecule is C1=CN2C=CCC=C2C2=Nc3ccccc3C2=C1. The number of hydrogen-bond acceptors (Lipinski definition) is 2. The van der Waals surface area contributed by atoms with Gasteiger partial charge >= 0.3 is 0 Å². The zero-order valence-electron chi connectivity index (χ0n) is 9.88. The molecule has 86 valence electrons. The number of hydrogen-bond donors (Lipinski definition) is 0. The van der Waals surface area contributed by atoms with Crippen LogP contribution in [0.2, 0.25) is 0 Å². The van der Waals surface area contributed by atoms with Crippen LogP contribution in [0.3, 0.4) is 0 Å². The van der Waals surface area contributed by atoms with Crippen molar-refractivity contribution in [2.45, 2.75) is 6.42 Å². The Morgan fingerprint density at radius 3 is 3.06 bits per heavy atom. The van der Waals surface area contributed by atoms with Gasteiger partial charge in [0, 0.05) is 23.5 Å². The van der Waals surface area contributed by atoms with Gasteiger partial charge in [0.05, 0.1) is 17.1 Å². The van der Waals surface area contributed by atoms with Gasteiger partial charge in [-0.3, -0.25) is 0 Å². The summed E-state index contributed by atoms with van der Waals surface area (Å²) in [7, 11) is 0. The lowest BCUT2D eigenvalue weighted by Crippen LogP contribution is -2.18. The molecule has 3 heterocycles. The third-order valence-corrected chi connectivity index (χ3v) is 3.43. The maximum Gasteiger partial charge on any atom is 0.0953 e. The summed E-state index contributed by atoms with van der Waals surface area (Å²) in [5, 5.41) is 0. The zero-order chi connectivity index (χ0) is 11.9. The smallest absolute Gasteiger partial charge is 0.0953 e. The third-order valence-electron chi connectivity index (χ3n) is 3.43. The van der Waals surface area contributed by atoms with Crippen LogP contribution < -0.4 is 0 Å². The second kappa shape index (κ2) is 3.57. The summed E-state index contributed by atoms with van der Waals surface area (Å²) < 4.78 is 0. The molecule has 0 saturated carbocycles. The first-order valence-electron chi connectivity index (χ1n) is 6.16. The van der Waals surface area contributed by atoms with E-state index < -0.39 is 0 Å². The Hall–Kier alpha value is -2.35. The van der Waals surface area contributed by atoms with Gasteiger partial charge in [-0.1, -0.05) is 36.4 Å². The van der Waals surface area contributed by atoms with Crippen molar-refractivity contribution in [3.63, 3.8) is 0 Å². The van der Waals surface area contributed by atoms with Gasteiger partial charge in [-0.05, 0) is 18.6 Å². The minimum Gasteiger partial charge on any atom is -0.322 e. The Kier molecular flexibility index (Phi) is 1.92. The highest BCUT2D eigenvalue weighted by molar-refractivity contribution is 6.36. The first-order valence-corrected chi connectivity index (χ1v) is 6.16. The lowest BCUT2D eigenvalue weighted by atomic mass is 10.00. The van der Waals surface area contributed by atoms with Crippen molar-refractivity contribution in [3.05, 3.63) is 72.2 Å². The van der Waals surface area contributed by atoms with E-state index in [0.29, 0.717) is 0 Å². The molecule has 1 aromatic carbocycles. The van der Waals surface area contributed by atoms with Crippen molar-refractivity contribution < 1.29 is 0 Å². The van der Waals surface area contributed by atoms with E-state index in [1.807, 2.05) is 6.07 Å². The van der Waals surface area contributed by atoms with E-state index in [1.54, 1.807) is 0 Å². The van der Waals surface area contributed by atoms with Crippen LogP contribution in [0, 0.1) is 0 Å². The van der Waals surface area contributed by atoms with Crippen molar-refractivity contribution in [3.8, 4) is 0 Å². The molecule has 0 N–H and O–H groups in total. The zero-order valence-corrected chi connectivity index (χ0v) is 9.88. The maximum absolute atomic E-state index is 4.78. The molecule has 3 aliphatic rings. The lowest BCUT2D eigenvalue weighted by molar-refractivity contribution is 0.648. The van der Waals surface area contributed by atoms with Gasteiger partial charge in [0.2, 0.25) is 0 Å². The van der Waals surface area contributed by atoms with Crippen molar-refractivity contribution >= 4 is 17.0 Å². The van der Waals surface area contributed by atoms with Crippen LogP contribution >= 0.6 is 0 Å². The molecule has 0 saturated heterocycles. The van der Waals surface area contributed by atoms with E-state index in [9.17, 15) is 0 Å². The molecule has 0 unspecified atom stereocenters. The van der Waals surface area contributed by atoms with E-state index >= 15 is 0 Å². The van der Waals surface area contributed by atoms with Crippen LogP contribution in [0.15, 0.2) is 71.7 Å². The minimum absolute atomic E-state index is 0.975. The molecular formula is C16H12N2. The molecule has 0 spiro atoms. The Morgan fingerprint density at radius 1 is 1.11 bits per heavy atom. The Morgan fingerprint density at radius 2 is 2.06 bits per heavy atom. The number of rotatable bonds is 0. The Balaban J connectivity index is 1.93. The highest BCUT2D eigenvalue weighted by Crippen LogP contribution is 2.39. The molecule has 0 fully saturated rings. The molecule has 0 aromatic heterocycles. The minimum atomic E-state index is 0.975. The molecule has 0 radical (unpaired) electrons. The van der Waals surface area contributed by atoms with Crippen molar-refractivity contribution in [1.82, 2.24) is 4.90 Å². The summed E-state index contributed by atoms with van der Waals surface area (Å²) in [4.78, 5) is 6.92.